The standard InChI is InChI=1S/C28H26Cl2N4O4S/c1-19-15-21(20(2)34(19)27-16-22(29)9-14-26(27)30)17-31-32-28(35)18-33(23-10-12-24(38-3)13-11-23)39(36,37)25-7-5-4-6-8-25/h4-17H,18H2,1-3H3,(H,32,35)/b31-17-. The van der Waals surface area contributed by atoms with Crippen molar-refractivity contribution in [1.29, 1.82) is 0 Å². The number of aryl methyl sites for hydroxylation is 1. The highest BCUT2D eigenvalue weighted by Gasteiger charge is 2.27. The number of amides is 1. The zero-order valence-corrected chi connectivity index (χ0v) is 23.8. The van der Waals surface area contributed by atoms with Crippen LogP contribution in [0.3, 0.4) is 0 Å². The van der Waals surface area contributed by atoms with E-state index in [1.54, 1.807) is 60.7 Å². The average Bonchev–Trinajstić information content (AvgIpc) is 3.21. The fraction of sp³-hybridized carbons (Fsp3) is 0.143. The highest BCUT2D eigenvalue weighted by atomic mass is 35.5. The number of halogens is 2. The van der Waals surface area contributed by atoms with E-state index in [1.165, 1.54) is 25.5 Å². The number of carbonyl (C=O) groups is 1. The zero-order valence-electron chi connectivity index (χ0n) is 21.4. The summed E-state index contributed by atoms with van der Waals surface area (Å²) in [5.41, 5.74) is 5.94. The maximum atomic E-state index is 13.4. The van der Waals surface area contributed by atoms with Gasteiger partial charge >= 0.3 is 0 Å². The maximum Gasteiger partial charge on any atom is 0.264 e. The number of hydrogen-bond acceptors (Lipinski definition) is 5. The summed E-state index contributed by atoms with van der Waals surface area (Å²) in [6.07, 6.45) is 1.50. The number of carbonyl (C=O) groups excluding carboxylic acids is 1. The van der Waals surface area contributed by atoms with Crippen molar-refractivity contribution in [2.24, 2.45) is 5.10 Å². The van der Waals surface area contributed by atoms with Gasteiger partial charge < -0.3 is 9.30 Å². The van der Waals surface area contributed by atoms with Gasteiger partial charge in [-0.25, -0.2) is 13.8 Å². The first kappa shape index (κ1) is 28.2. The molecular weight excluding hydrogens is 559 g/mol. The number of nitrogens with one attached hydrogen (secondary N) is 1. The van der Waals surface area contributed by atoms with Gasteiger partial charge in [0, 0.05) is 22.0 Å². The number of hydrogen-bond donors (Lipinski definition) is 1. The molecule has 4 rings (SSSR count). The van der Waals surface area contributed by atoms with E-state index in [1.807, 2.05) is 24.5 Å². The van der Waals surface area contributed by atoms with Crippen LogP contribution in [0, 0.1) is 13.8 Å². The van der Waals surface area contributed by atoms with E-state index in [0.29, 0.717) is 21.5 Å². The molecule has 0 aliphatic rings. The molecule has 4 aromatic rings. The van der Waals surface area contributed by atoms with Crippen LogP contribution < -0.4 is 14.5 Å². The van der Waals surface area contributed by atoms with Gasteiger partial charge in [-0.3, -0.25) is 9.10 Å². The quantitative estimate of drug-likeness (QED) is 0.200. The maximum absolute atomic E-state index is 13.4. The number of nitrogens with zero attached hydrogens (tertiary/aromatic N) is 3. The van der Waals surface area contributed by atoms with Gasteiger partial charge in [0.1, 0.15) is 12.3 Å². The minimum absolute atomic E-state index is 0.0595. The van der Waals surface area contributed by atoms with Crippen molar-refractivity contribution < 1.29 is 17.9 Å². The summed E-state index contributed by atoms with van der Waals surface area (Å²) in [6, 6.07) is 21.4. The Balaban J connectivity index is 1.56. The second kappa shape index (κ2) is 11.9. The highest BCUT2D eigenvalue weighted by molar-refractivity contribution is 7.92. The molecule has 0 aliphatic carbocycles. The molecule has 0 saturated heterocycles. The third-order valence-corrected chi connectivity index (χ3v) is 8.33. The molecule has 202 valence electrons. The van der Waals surface area contributed by atoms with E-state index in [0.717, 1.165) is 26.9 Å². The predicted octanol–water partition coefficient (Wildman–Crippen LogP) is 5.76. The molecule has 1 N–H and O–H groups in total. The second-order valence-electron chi connectivity index (χ2n) is 8.57. The number of anilines is 1. The summed E-state index contributed by atoms with van der Waals surface area (Å²) < 4.78 is 35.0. The number of aromatic nitrogens is 1. The lowest BCUT2D eigenvalue weighted by atomic mass is 10.2. The molecule has 0 spiro atoms. The average molecular weight is 586 g/mol. The van der Waals surface area contributed by atoms with Crippen molar-refractivity contribution in [3.8, 4) is 11.4 Å². The normalized spacial score (nSPS) is 11.5. The molecular formula is C28H26Cl2N4O4S. The largest absolute Gasteiger partial charge is 0.497 e. The lowest BCUT2D eigenvalue weighted by molar-refractivity contribution is -0.119. The molecule has 39 heavy (non-hydrogen) atoms. The molecule has 0 aliphatic heterocycles. The van der Waals surface area contributed by atoms with Crippen LogP contribution in [0.4, 0.5) is 5.69 Å². The number of ether oxygens (including phenoxy) is 1. The van der Waals surface area contributed by atoms with Crippen molar-refractivity contribution in [1.82, 2.24) is 9.99 Å². The van der Waals surface area contributed by atoms with Crippen LogP contribution in [-0.4, -0.2) is 38.8 Å². The van der Waals surface area contributed by atoms with Gasteiger partial charge in [0.25, 0.3) is 15.9 Å². The Morgan fingerprint density at radius 1 is 1.03 bits per heavy atom. The molecule has 1 aromatic heterocycles. The van der Waals surface area contributed by atoms with E-state index in [4.69, 9.17) is 27.9 Å². The first-order chi connectivity index (χ1) is 18.6. The molecule has 0 unspecified atom stereocenters. The highest BCUT2D eigenvalue weighted by Crippen LogP contribution is 2.29. The Bertz CT molecular complexity index is 1620. The van der Waals surface area contributed by atoms with Gasteiger partial charge in [0.2, 0.25) is 0 Å². The fourth-order valence-corrected chi connectivity index (χ4v) is 5.88. The van der Waals surface area contributed by atoms with E-state index < -0.39 is 22.5 Å². The molecule has 1 amide bonds. The van der Waals surface area contributed by atoms with Crippen molar-refractivity contribution >= 4 is 51.0 Å². The monoisotopic (exact) mass is 584 g/mol. The van der Waals surface area contributed by atoms with Gasteiger partial charge in [-0.15, -0.1) is 0 Å². The Morgan fingerprint density at radius 3 is 2.38 bits per heavy atom. The van der Waals surface area contributed by atoms with Crippen LogP contribution in [0.1, 0.15) is 17.0 Å². The van der Waals surface area contributed by atoms with E-state index in [2.05, 4.69) is 10.5 Å². The Kier molecular flexibility index (Phi) is 8.64. The smallest absolute Gasteiger partial charge is 0.264 e. The predicted molar refractivity (Wildman–Crippen MR) is 155 cm³/mol. The molecule has 0 radical (unpaired) electrons. The van der Waals surface area contributed by atoms with Gasteiger partial charge in [0.05, 0.1) is 34.6 Å². The third-order valence-electron chi connectivity index (χ3n) is 5.99. The number of hydrazone groups is 1. The van der Waals surface area contributed by atoms with Gasteiger partial charge in [-0.05, 0) is 74.5 Å². The number of rotatable bonds is 9. The zero-order chi connectivity index (χ0) is 28.2. The third kappa shape index (κ3) is 6.27. The van der Waals surface area contributed by atoms with E-state index in [-0.39, 0.29) is 4.90 Å². The van der Waals surface area contributed by atoms with Gasteiger partial charge in [-0.1, -0.05) is 41.4 Å². The minimum Gasteiger partial charge on any atom is -0.497 e. The molecule has 0 atom stereocenters. The van der Waals surface area contributed by atoms with Crippen LogP contribution in [0.25, 0.3) is 5.69 Å². The van der Waals surface area contributed by atoms with Crippen LogP contribution in [0.15, 0.2) is 88.9 Å². The van der Waals surface area contributed by atoms with Crippen LogP contribution in [0.5, 0.6) is 5.75 Å². The fourth-order valence-electron chi connectivity index (χ4n) is 4.07. The molecule has 0 saturated carbocycles. The topological polar surface area (TPSA) is 93.0 Å². The SMILES string of the molecule is COc1ccc(N(CC(=O)N/N=C\c2cc(C)n(-c3cc(Cl)ccc3Cl)c2C)S(=O)(=O)c2ccccc2)cc1. The molecule has 3 aromatic carbocycles. The Morgan fingerprint density at radius 2 is 1.72 bits per heavy atom. The molecule has 0 fully saturated rings. The molecule has 8 nitrogen and oxygen atoms in total. The number of sulfonamides is 1. The minimum atomic E-state index is -4.04. The summed E-state index contributed by atoms with van der Waals surface area (Å²) in [5, 5.41) is 5.17. The summed E-state index contributed by atoms with van der Waals surface area (Å²) >= 11 is 12.6. The molecule has 0 bridgehead atoms. The van der Waals surface area contributed by atoms with Crippen LogP contribution in [-0.2, 0) is 14.8 Å². The van der Waals surface area contributed by atoms with Crippen molar-refractivity contribution in [2.45, 2.75) is 18.7 Å². The molecule has 1 heterocycles. The summed E-state index contributed by atoms with van der Waals surface area (Å²) in [7, 11) is -2.53. The Hall–Kier alpha value is -3.79. The second-order valence-corrected chi connectivity index (χ2v) is 11.3. The lowest BCUT2D eigenvalue weighted by Gasteiger charge is -2.23. The van der Waals surface area contributed by atoms with E-state index in [9.17, 15) is 13.2 Å². The number of benzene rings is 3. The van der Waals surface area contributed by atoms with Crippen LogP contribution in [0.2, 0.25) is 10.0 Å². The molecule has 11 heteroatoms. The van der Waals surface area contributed by atoms with Crippen molar-refractivity contribution in [3.05, 3.63) is 106 Å². The van der Waals surface area contributed by atoms with Gasteiger partial charge in [-0.2, -0.15) is 5.10 Å². The first-order valence-electron chi connectivity index (χ1n) is 11.8. The van der Waals surface area contributed by atoms with Gasteiger partial charge in [0.15, 0.2) is 0 Å². The van der Waals surface area contributed by atoms with Crippen molar-refractivity contribution in [2.75, 3.05) is 18.0 Å². The summed E-state index contributed by atoms with van der Waals surface area (Å²) in [6.45, 7) is 3.32. The van der Waals surface area contributed by atoms with E-state index >= 15 is 0 Å². The number of methoxy groups -OCH3 is 1. The first-order valence-corrected chi connectivity index (χ1v) is 14.0. The summed E-state index contributed by atoms with van der Waals surface area (Å²) in [4.78, 5) is 12.9. The lowest BCUT2D eigenvalue weighted by Crippen LogP contribution is -2.39. The van der Waals surface area contributed by atoms with Crippen molar-refractivity contribution in [3.63, 3.8) is 0 Å². The summed E-state index contributed by atoms with van der Waals surface area (Å²) in [5.74, 6) is -0.0604. The van der Waals surface area contributed by atoms with Crippen LogP contribution >= 0.6 is 23.2 Å². The Labute approximate surface area is 237 Å².